The second-order valence-electron chi connectivity index (χ2n) is 10.0. The molecule has 0 unspecified atom stereocenters. The quantitative estimate of drug-likeness (QED) is 0.111. The summed E-state index contributed by atoms with van der Waals surface area (Å²) in [5.41, 5.74) is 1.27. The van der Waals surface area contributed by atoms with Crippen molar-refractivity contribution in [2.45, 2.75) is 124 Å². The number of ketones is 4. The highest BCUT2D eigenvalue weighted by Crippen LogP contribution is 2.20. The van der Waals surface area contributed by atoms with Gasteiger partial charge in [0.2, 0.25) is 0 Å². The smallest absolute Gasteiger partial charge is 0.143 e. The molecule has 208 valence electrons. The van der Waals surface area contributed by atoms with Crippen LogP contribution < -0.4 is 4.74 Å². The highest BCUT2D eigenvalue weighted by Gasteiger charge is 2.23. The van der Waals surface area contributed by atoms with Gasteiger partial charge in [-0.05, 0) is 49.8 Å². The van der Waals surface area contributed by atoms with E-state index in [9.17, 15) is 19.2 Å². The van der Waals surface area contributed by atoms with Gasteiger partial charge in [0, 0.05) is 25.7 Å². The van der Waals surface area contributed by atoms with E-state index in [-0.39, 0.29) is 23.1 Å². The summed E-state index contributed by atoms with van der Waals surface area (Å²) in [5, 5.41) is 0. The first-order valence-corrected chi connectivity index (χ1v) is 14.7. The van der Waals surface area contributed by atoms with Gasteiger partial charge in [-0.25, -0.2) is 0 Å². The van der Waals surface area contributed by atoms with Gasteiger partial charge in [0.1, 0.15) is 28.9 Å². The molecule has 5 nitrogen and oxygen atoms in total. The third-order valence-corrected chi connectivity index (χ3v) is 7.21. The van der Waals surface area contributed by atoms with Crippen LogP contribution in [0.4, 0.5) is 0 Å². The van der Waals surface area contributed by atoms with E-state index in [1.165, 1.54) is 5.56 Å². The van der Waals surface area contributed by atoms with Crippen LogP contribution in [0, 0.1) is 11.8 Å². The van der Waals surface area contributed by atoms with Gasteiger partial charge in [-0.2, -0.15) is 0 Å². The van der Waals surface area contributed by atoms with Gasteiger partial charge in [0.05, 0.1) is 18.4 Å². The van der Waals surface area contributed by atoms with Crippen molar-refractivity contribution in [2.75, 3.05) is 6.61 Å². The van der Waals surface area contributed by atoms with E-state index in [0.717, 1.165) is 63.5 Å². The topological polar surface area (TPSA) is 77.5 Å². The zero-order valence-corrected chi connectivity index (χ0v) is 23.8. The van der Waals surface area contributed by atoms with Crippen LogP contribution in [0.3, 0.4) is 0 Å². The molecule has 0 aliphatic heterocycles. The monoisotopic (exact) mass is 514 g/mol. The second-order valence-corrected chi connectivity index (χ2v) is 10.0. The molecule has 0 heterocycles. The fourth-order valence-corrected chi connectivity index (χ4v) is 4.80. The maximum atomic E-state index is 12.0. The van der Waals surface area contributed by atoms with Gasteiger partial charge in [-0.3, -0.25) is 19.2 Å². The molecule has 0 aliphatic rings. The summed E-state index contributed by atoms with van der Waals surface area (Å²) in [6.07, 6.45) is 12.2. The van der Waals surface area contributed by atoms with Gasteiger partial charge in [-0.1, -0.05) is 78.4 Å². The van der Waals surface area contributed by atoms with Crippen molar-refractivity contribution in [3.8, 4) is 5.75 Å². The first-order chi connectivity index (χ1) is 17.9. The van der Waals surface area contributed by atoms with Crippen molar-refractivity contribution in [2.24, 2.45) is 11.8 Å². The average molecular weight is 515 g/mol. The molecule has 0 radical (unpaired) electrons. The maximum Gasteiger partial charge on any atom is 0.143 e. The lowest BCUT2D eigenvalue weighted by Crippen LogP contribution is -2.22. The minimum Gasteiger partial charge on any atom is -0.494 e. The van der Waals surface area contributed by atoms with Gasteiger partial charge < -0.3 is 4.74 Å². The molecule has 0 fully saturated rings. The number of aryl methyl sites for hydroxylation is 1. The van der Waals surface area contributed by atoms with E-state index >= 15 is 0 Å². The van der Waals surface area contributed by atoms with Gasteiger partial charge in [0.25, 0.3) is 0 Å². The Hall–Kier alpha value is -2.30. The zero-order chi connectivity index (χ0) is 27.5. The summed E-state index contributed by atoms with van der Waals surface area (Å²) in [7, 11) is 0. The summed E-state index contributed by atoms with van der Waals surface area (Å²) in [6.45, 7) is 8.00. The fraction of sp³-hybridized carbons (Fsp3) is 0.688. The molecule has 1 rings (SSSR count). The molecule has 37 heavy (non-hydrogen) atoms. The standard InChI is InChI=1S/C32H50O5/c1-5-29(33)27(30(34)6-2)21-14-10-9-13-18-25-19-17-20-26(24-25)37-23-16-12-11-15-22-28(31(35)7-3)32(36)8-4/h17,19-20,24,27-28H,5-16,18,21-23H2,1-4H3. The van der Waals surface area contributed by atoms with E-state index in [4.69, 9.17) is 4.74 Å². The summed E-state index contributed by atoms with van der Waals surface area (Å²) >= 11 is 0. The molecule has 0 bridgehead atoms. The van der Waals surface area contributed by atoms with E-state index in [2.05, 4.69) is 12.1 Å². The van der Waals surface area contributed by atoms with Crippen LogP contribution in [0.1, 0.15) is 123 Å². The van der Waals surface area contributed by atoms with Crippen molar-refractivity contribution < 1.29 is 23.9 Å². The number of rotatable bonds is 23. The maximum absolute atomic E-state index is 12.0. The Balaban J connectivity index is 2.24. The average Bonchev–Trinajstić information content (AvgIpc) is 2.92. The molecule has 0 aliphatic carbocycles. The number of benzene rings is 1. The van der Waals surface area contributed by atoms with Crippen LogP contribution in [0.15, 0.2) is 24.3 Å². The Kier molecular flexibility index (Phi) is 17.5. The number of hydrogen-bond acceptors (Lipinski definition) is 5. The zero-order valence-electron chi connectivity index (χ0n) is 23.8. The third kappa shape index (κ3) is 13.2. The molecule has 5 heteroatoms. The lowest BCUT2D eigenvalue weighted by atomic mass is 9.90. The van der Waals surface area contributed by atoms with Gasteiger partial charge in [0.15, 0.2) is 0 Å². The molecule has 1 aromatic rings. The molecule has 1 aromatic carbocycles. The molecule has 0 atom stereocenters. The Morgan fingerprint density at radius 2 is 1.08 bits per heavy atom. The van der Waals surface area contributed by atoms with Crippen LogP contribution in [0.2, 0.25) is 0 Å². The van der Waals surface area contributed by atoms with E-state index < -0.39 is 11.8 Å². The second kappa shape index (κ2) is 19.8. The van der Waals surface area contributed by atoms with Crippen molar-refractivity contribution in [1.82, 2.24) is 0 Å². The van der Waals surface area contributed by atoms with E-state index in [0.29, 0.717) is 45.1 Å². The lowest BCUT2D eigenvalue weighted by molar-refractivity contribution is -0.134. The third-order valence-electron chi connectivity index (χ3n) is 7.21. The lowest BCUT2D eigenvalue weighted by Gasteiger charge is -2.13. The summed E-state index contributed by atoms with van der Waals surface area (Å²) in [4.78, 5) is 48.1. The molecule has 0 aromatic heterocycles. The van der Waals surface area contributed by atoms with Crippen LogP contribution >= 0.6 is 0 Å². The summed E-state index contributed by atoms with van der Waals surface area (Å²) in [6, 6.07) is 8.29. The van der Waals surface area contributed by atoms with E-state index in [1.807, 2.05) is 39.8 Å². The van der Waals surface area contributed by atoms with Crippen LogP contribution in [0.25, 0.3) is 0 Å². The van der Waals surface area contributed by atoms with Crippen molar-refractivity contribution in [3.05, 3.63) is 29.8 Å². The number of Topliss-reactive ketones (excluding diaryl/α,β-unsaturated/α-hetero) is 4. The molecule has 0 N–H and O–H groups in total. The number of ether oxygens (including phenoxy) is 1. The van der Waals surface area contributed by atoms with Crippen LogP contribution in [-0.4, -0.2) is 29.7 Å². The Morgan fingerprint density at radius 1 is 0.622 bits per heavy atom. The van der Waals surface area contributed by atoms with Crippen molar-refractivity contribution in [3.63, 3.8) is 0 Å². The minimum absolute atomic E-state index is 0.0793. The SMILES string of the molecule is CCC(=O)C(CCCCCCOc1cccc(CCCCCCC(C(=O)CC)C(=O)CC)c1)C(=O)CC. The molecule has 0 saturated heterocycles. The van der Waals surface area contributed by atoms with E-state index in [1.54, 1.807) is 0 Å². The predicted molar refractivity (Wildman–Crippen MR) is 150 cm³/mol. The normalized spacial score (nSPS) is 11.2. The van der Waals surface area contributed by atoms with Gasteiger partial charge >= 0.3 is 0 Å². The first kappa shape index (κ1) is 32.7. The largest absolute Gasteiger partial charge is 0.494 e. The van der Waals surface area contributed by atoms with Crippen molar-refractivity contribution in [1.29, 1.82) is 0 Å². The fourth-order valence-electron chi connectivity index (χ4n) is 4.80. The summed E-state index contributed by atoms with van der Waals surface area (Å²) < 4.78 is 5.95. The highest BCUT2D eigenvalue weighted by molar-refractivity contribution is 6.02. The number of carbonyl (C=O) groups is 4. The minimum atomic E-state index is -0.401. The first-order valence-electron chi connectivity index (χ1n) is 14.7. The number of carbonyl (C=O) groups excluding carboxylic acids is 4. The number of hydrogen-bond donors (Lipinski definition) is 0. The molecular formula is C32H50O5. The molecule has 0 amide bonds. The predicted octanol–water partition coefficient (Wildman–Crippen LogP) is 7.66. The van der Waals surface area contributed by atoms with Gasteiger partial charge in [-0.15, -0.1) is 0 Å². The number of unbranched alkanes of at least 4 members (excludes halogenated alkanes) is 6. The Morgan fingerprint density at radius 3 is 1.57 bits per heavy atom. The van der Waals surface area contributed by atoms with Crippen LogP contribution in [-0.2, 0) is 25.6 Å². The van der Waals surface area contributed by atoms with Crippen LogP contribution in [0.5, 0.6) is 5.75 Å². The highest BCUT2D eigenvalue weighted by atomic mass is 16.5. The summed E-state index contributed by atoms with van der Waals surface area (Å²) in [5.74, 6) is 0.441. The Bertz CT molecular complexity index is 796. The Labute approximate surface area is 225 Å². The molecule has 0 saturated carbocycles. The molecular weight excluding hydrogens is 464 g/mol. The van der Waals surface area contributed by atoms with Crippen molar-refractivity contribution >= 4 is 23.1 Å². The molecule has 0 spiro atoms.